The summed E-state index contributed by atoms with van der Waals surface area (Å²) in [6, 6.07) is 6.86. The van der Waals surface area contributed by atoms with E-state index < -0.39 is 17.6 Å². The molecule has 2 N–H and O–H groups in total. The maximum absolute atomic E-state index is 13.6. The molecule has 1 saturated heterocycles. The number of imide groups is 1. The molecular weight excluding hydrogens is 474 g/mol. The van der Waals surface area contributed by atoms with Crippen LogP contribution in [-0.4, -0.2) is 58.4 Å². The van der Waals surface area contributed by atoms with Gasteiger partial charge < -0.3 is 20.3 Å². The van der Waals surface area contributed by atoms with Gasteiger partial charge in [0.15, 0.2) is 0 Å². The molecule has 1 aromatic heterocycles. The fourth-order valence-corrected chi connectivity index (χ4v) is 5.99. The van der Waals surface area contributed by atoms with Crippen molar-refractivity contribution >= 4 is 29.6 Å². The molecule has 1 aromatic carbocycles. The number of aromatic nitrogens is 1. The zero-order valence-electron chi connectivity index (χ0n) is 20.7. The molecule has 3 heterocycles. The van der Waals surface area contributed by atoms with Crippen LogP contribution in [0.25, 0.3) is 0 Å². The molecule has 5 amide bonds. The minimum absolute atomic E-state index is 0.0843. The van der Waals surface area contributed by atoms with Crippen LogP contribution in [-0.2, 0) is 39.3 Å². The van der Waals surface area contributed by atoms with Gasteiger partial charge in [-0.05, 0) is 72.9 Å². The Balaban J connectivity index is 1.23. The highest BCUT2D eigenvalue weighted by molar-refractivity contribution is 6.06. The van der Waals surface area contributed by atoms with Crippen molar-refractivity contribution in [2.75, 3.05) is 18.9 Å². The minimum atomic E-state index is -1.43. The van der Waals surface area contributed by atoms with Crippen LogP contribution in [0.15, 0.2) is 36.7 Å². The van der Waals surface area contributed by atoms with E-state index in [1.165, 1.54) is 7.05 Å². The molecule has 2 aliphatic heterocycles. The number of nitrogens with one attached hydrogen (secondary N) is 2. The van der Waals surface area contributed by atoms with E-state index in [-0.39, 0.29) is 24.5 Å². The van der Waals surface area contributed by atoms with Crippen LogP contribution in [0.1, 0.15) is 47.9 Å². The van der Waals surface area contributed by atoms with Gasteiger partial charge in [0, 0.05) is 49.7 Å². The van der Waals surface area contributed by atoms with Crippen molar-refractivity contribution in [2.24, 2.45) is 5.92 Å². The van der Waals surface area contributed by atoms with Crippen LogP contribution in [0.4, 0.5) is 15.3 Å². The third-order valence-electron chi connectivity index (χ3n) is 8.08. The van der Waals surface area contributed by atoms with Crippen molar-refractivity contribution < 1.29 is 23.9 Å². The number of anilines is 1. The standard InChI is InChI=1S/C27H29N5O5/c1-28-25(35)30-20-5-6-21-17(12-20)8-10-27(21)24(34)32(26(36)37-27)15-23(33)31-14-19-9-11-29-13-18(19)4-7-22(31)16-2-3-16/h5-6,9,11-13,16,22H,2-4,7-8,10,14-15H2,1H3,(H2,28,30,35)/t22?,27-/m0/s1. The summed E-state index contributed by atoms with van der Waals surface area (Å²) in [6.45, 7) is 0.110. The number of fused-ring (bicyclic) bond motifs is 3. The first-order chi connectivity index (χ1) is 17.9. The highest BCUT2D eigenvalue weighted by atomic mass is 16.6. The lowest BCUT2D eigenvalue weighted by Gasteiger charge is -2.31. The first kappa shape index (κ1) is 23.4. The van der Waals surface area contributed by atoms with Crippen LogP contribution >= 0.6 is 0 Å². The lowest BCUT2D eigenvalue weighted by atomic mass is 9.94. The molecule has 1 saturated carbocycles. The summed E-state index contributed by atoms with van der Waals surface area (Å²) in [4.78, 5) is 59.0. The molecule has 2 aromatic rings. The fourth-order valence-electron chi connectivity index (χ4n) is 5.99. The normalized spacial score (nSPS) is 24.4. The van der Waals surface area contributed by atoms with Crippen LogP contribution < -0.4 is 10.6 Å². The van der Waals surface area contributed by atoms with Gasteiger partial charge in [0.25, 0.3) is 5.91 Å². The van der Waals surface area contributed by atoms with Gasteiger partial charge in [0.2, 0.25) is 11.5 Å². The number of nitrogens with zero attached hydrogens (tertiary/aromatic N) is 3. The molecule has 1 spiro atoms. The van der Waals surface area contributed by atoms with Gasteiger partial charge in [-0.3, -0.25) is 14.6 Å². The number of hydrogen-bond donors (Lipinski definition) is 2. The molecule has 2 aliphatic carbocycles. The van der Waals surface area contributed by atoms with E-state index in [0.29, 0.717) is 36.6 Å². The third-order valence-corrected chi connectivity index (χ3v) is 8.08. The zero-order chi connectivity index (χ0) is 25.7. The summed E-state index contributed by atoms with van der Waals surface area (Å²) in [5.41, 5.74) is 2.80. The van der Waals surface area contributed by atoms with Gasteiger partial charge in [0.1, 0.15) is 6.54 Å². The highest BCUT2D eigenvalue weighted by Crippen LogP contribution is 2.46. The SMILES string of the molecule is CNC(=O)Nc1ccc2c(c1)CC[C@]21OC(=O)N(CC(=O)N2Cc3ccncc3CCC2C2CC2)C1=O. The van der Waals surface area contributed by atoms with Crippen LogP contribution in [0.5, 0.6) is 0 Å². The average molecular weight is 504 g/mol. The molecule has 4 aliphatic rings. The minimum Gasteiger partial charge on any atom is -0.427 e. The van der Waals surface area contributed by atoms with Gasteiger partial charge in [-0.25, -0.2) is 14.5 Å². The smallest absolute Gasteiger partial charge is 0.418 e. The number of ether oxygens (including phenoxy) is 1. The van der Waals surface area contributed by atoms with Crippen molar-refractivity contribution in [1.82, 2.24) is 20.1 Å². The molecule has 0 radical (unpaired) electrons. The molecule has 10 nitrogen and oxygen atoms in total. The molecule has 2 atom stereocenters. The fraction of sp³-hybridized carbons (Fsp3) is 0.444. The summed E-state index contributed by atoms with van der Waals surface area (Å²) < 4.78 is 5.72. The quantitative estimate of drug-likeness (QED) is 0.662. The summed E-state index contributed by atoms with van der Waals surface area (Å²) in [5.74, 6) is -0.288. The third kappa shape index (κ3) is 4.00. The molecule has 0 bridgehead atoms. The second kappa shape index (κ2) is 8.86. The monoisotopic (exact) mass is 503 g/mol. The number of pyridine rings is 1. The Bertz CT molecular complexity index is 1310. The number of carbonyl (C=O) groups is 4. The first-order valence-electron chi connectivity index (χ1n) is 12.8. The van der Waals surface area contributed by atoms with Gasteiger partial charge in [-0.15, -0.1) is 0 Å². The Kier molecular flexibility index (Phi) is 5.62. The van der Waals surface area contributed by atoms with Crippen LogP contribution in [0.3, 0.4) is 0 Å². The molecule has 1 unspecified atom stereocenters. The van der Waals surface area contributed by atoms with E-state index in [0.717, 1.165) is 47.3 Å². The van der Waals surface area contributed by atoms with Crippen LogP contribution in [0, 0.1) is 5.92 Å². The van der Waals surface area contributed by atoms with E-state index in [1.54, 1.807) is 24.4 Å². The Labute approximate surface area is 214 Å². The van der Waals surface area contributed by atoms with Crippen molar-refractivity contribution in [3.63, 3.8) is 0 Å². The van der Waals surface area contributed by atoms with E-state index in [2.05, 4.69) is 15.6 Å². The number of rotatable bonds is 4. The van der Waals surface area contributed by atoms with Gasteiger partial charge in [-0.2, -0.15) is 0 Å². The Hall–Kier alpha value is -3.95. The molecule has 192 valence electrons. The Morgan fingerprint density at radius 1 is 1.11 bits per heavy atom. The predicted molar refractivity (Wildman–Crippen MR) is 132 cm³/mol. The maximum Gasteiger partial charge on any atom is 0.418 e. The van der Waals surface area contributed by atoms with Gasteiger partial charge in [0.05, 0.1) is 0 Å². The van der Waals surface area contributed by atoms with Crippen molar-refractivity contribution in [2.45, 2.75) is 56.7 Å². The Morgan fingerprint density at radius 2 is 1.95 bits per heavy atom. The Morgan fingerprint density at radius 3 is 2.73 bits per heavy atom. The zero-order valence-corrected chi connectivity index (χ0v) is 20.7. The summed E-state index contributed by atoms with van der Waals surface area (Å²) in [5, 5.41) is 5.21. The molecule has 37 heavy (non-hydrogen) atoms. The number of hydrogen-bond acceptors (Lipinski definition) is 6. The number of aryl methyl sites for hydroxylation is 2. The molecule has 6 rings (SSSR count). The van der Waals surface area contributed by atoms with E-state index in [9.17, 15) is 19.2 Å². The van der Waals surface area contributed by atoms with Crippen molar-refractivity contribution in [3.8, 4) is 0 Å². The topological polar surface area (TPSA) is 121 Å². The largest absolute Gasteiger partial charge is 0.427 e. The lowest BCUT2D eigenvalue weighted by Crippen LogP contribution is -2.48. The number of urea groups is 1. The van der Waals surface area contributed by atoms with E-state index in [1.807, 2.05) is 17.2 Å². The summed E-state index contributed by atoms with van der Waals surface area (Å²) in [6.07, 6.45) is 7.50. The van der Waals surface area contributed by atoms with Crippen molar-refractivity contribution in [1.29, 1.82) is 0 Å². The second-order valence-corrected chi connectivity index (χ2v) is 10.3. The maximum atomic E-state index is 13.6. The molecule has 2 fully saturated rings. The van der Waals surface area contributed by atoms with Gasteiger partial charge >= 0.3 is 12.1 Å². The van der Waals surface area contributed by atoms with Crippen molar-refractivity contribution in [3.05, 3.63) is 58.9 Å². The second-order valence-electron chi connectivity index (χ2n) is 10.3. The molecule has 10 heteroatoms. The number of carbonyl (C=O) groups excluding carboxylic acids is 4. The highest BCUT2D eigenvalue weighted by Gasteiger charge is 2.58. The lowest BCUT2D eigenvalue weighted by molar-refractivity contribution is -0.143. The predicted octanol–water partition coefficient (Wildman–Crippen LogP) is 2.71. The number of benzene rings is 1. The first-order valence-corrected chi connectivity index (χ1v) is 12.8. The van der Waals surface area contributed by atoms with E-state index in [4.69, 9.17) is 4.74 Å². The average Bonchev–Trinajstić information content (AvgIpc) is 3.66. The van der Waals surface area contributed by atoms with Gasteiger partial charge in [-0.1, -0.05) is 6.07 Å². The van der Waals surface area contributed by atoms with Crippen LogP contribution in [0.2, 0.25) is 0 Å². The summed E-state index contributed by atoms with van der Waals surface area (Å²) in [7, 11) is 1.53. The van der Waals surface area contributed by atoms with E-state index >= 15 is 0 Å². The summed E-state index contributed by atoms with van der Waals surface area (Å²) >= 11 is 0. The number of amides is 5. The molecular formula is C27H29N5O5.